The monoisotopic (exact) mass is 551 g/mol. The molecule has 2 aliphatic heterocycles. The van der Waals surface area contributed by atoms with Gasteiger partial charge in [-0.1, -0.05) is 17.9 Å². The van der Waals surface area contributed by atoms with E-state index in [1.54, 1.807) is 13.1 Å². The molecular formula is C22H29F3IN3O2. The molecule has 0 spiro atoms. The van der Waals surface area contributed by atoms with Gasteiger partial charge in [-0.25, -0.2) is 0 Å². The largest absolute Gasteiger partial charge is 0.416 e. The van der Waals surface area contributed by atoms with Crippen LogP contribution in [0.15, 0.2) is 29.3 Å². The summed E-state index contributed by atoms with van der Waals surface area (Å²) in [6, 6.07) is 5.03. The first-order valence-electron chi connectivity index (χ1n) is 10.3. The minimum atomic E-state index is -4.36. The zero-order valence-electron chi connectivity index (χ0n) is 17.6. The fraction of sp³-hybridized carbons (Fsp3) is 0.591. The molecule has 31 heavy (non-hydrogen) atoms. The molecule has 9 heteroatoms. The van der Waals surface area contributed by atoms with Crippen molar-refractivity contribution in [2.24, 2.45) is 4.99 Å². The summed E-state index contributed by atoms with van der Waals surface area (Å²) >= 11 is 0. The molecule has 2 saturated heterocycles. The fourth-order valence-electron chi connectivity index (χ4n) is 3.63. The van der Waals surface area contributed by atoms with Gasteiger partial charge in [0.25, 0.3) is 0 Å². The zero-order valence-corrected chi connectivity index (χ0v) is 19.9. The summed E-state index contributed by atoms with van der Waals surface area (Å²) in [4.78, 5) is 6.44. The van der Waals surface area contributed by atoms with Crippen molar-refractivity contribution in [1.29, 1.82) is 0 Å². The lowest BCUT2D eigenvalue weighted by atomic mass is 10.1. The minimum absolute atomic E-state index is 0. The molecule has 5 nitrogen and oxygen atoms in total. The van der Waals surface area contributed by atoms with Gasteiger partial charge >= 0.3 is 6.18 Å². The standard InChI is InChI=1S/C22H28F3N3O2.HI/c1-26-21(27-11-3-6-17-5-2-7-18(15-17)22(23,24)25)28-12-9-19(10-13-28)30-16-20-8-4-14-29-20;/h2,5,7,15,19-20H,4,8-14,16H2,1H3,(H,26,27);1H. The van der Waals surface area contributed by atoms with Crippen molar-refractivity contribution in [2.45, 2.75) is 44.1 Å². The Bertz CT molecular complexity index is 778. The maximum Gasteiger partial charge on any atom is 0.416 e. The van der Waals surface area contributed by atoms with Crippen molar-refractivity contribution >= 4 is 29.9 Å². The summed E-state index contributed by atoms with van der Waals surface area (Å²) in [5, 5.41) is 3.17. The van der Waals surface area contributed by atoms with Crippen molar-refractivity contribution in [1.82, 2.24) is 10.2 Å². The Morgan fingerprint density at radius 1 is 1.29 bits per heavy atom. The Hall–Kier alpha value is -1.51. The van der Waals surface area contributed by atoms with E-state index in [1.165, 1.54) is 6.07 Å². The van der Waals surface area contributed by atoms with Gasteiger partial charge in [-0.15, -0.1) is 24.0 Å². The van der Waals surface area contributed by atoms with Crippen LogP contribution in [0.2, 0.25) is 0 Å². The number of aliphatic imine (C=N–C) groups is 1. The highest BCUT2D eigenvalue weighted by Gasteiger charge is 2.30. The van der Waals surface area contributed by atoms with E-state index in [9.17, 15) is 13.2 Å². The van der Waals surface area contributed by atoms with Crippen molar-refractivity contribution in [2.75, 3.05) is 39.9 Å². The second kappa shape index (κ2) is 12.5. The molecule has 172 valence electrons. The molecule has 2 heterocycles. The van der Waals surface area contributed by atoms with Crippen LogP contribution in [0.4, 0.5) is 13.2 Å². The second-order valence-electron chi connectivity index (χ2n) is 7.44. The molecule has 0 aromatic heterocycles. The maximum absolute atomic E-state index is 12.8. The average molecular weight is 551 g/mol. The van der Waals surface area contributed by atoms with E-state index < -0.39 is 11.7 Å². The Kier molecular flexibility index (Phi) is 10.4. The van der Waals surface area contributed by atoms with Gasteiger partial charge in [0.05, 0.1) is 30.9 Å². The number of hydrogen-bond donors (Lipinski definition) is 1. The summed E-state index contributed by atoms with van der Waals surface area (Å²) in [7, 11) is 1.71. The van der Waals surface area contributed by atoms with Crippen molar-refractivity contribution in [3.8, 4) is 11.8 Å². The number of likely N-dealkylation sites (tertiary alicyclic amines) is 1. The highest BCUT2D eigenvalue weighted by atomic mass is 127. The highest BCUT2D eigenvalue weighted by Crippen LogP contribution is 2.29. The maximum atomic E-state index is 12.8. The molecule has 3 rings (SSSR count). The Morgan fingerprint density at radius 2 is 2.06 bits per heavy atom. The molecule has 0 radical (unpaired) electrons. The van der Waals surface area contributed by atoms with Crippen molar-refractivity contribution < 1.29 is 22.6 Å². The van der Waals surface area contributed by atoms with Gasteiger partial charge in [0.2, 0.25) is 0 Å². The first-order valence-corrected chi connectivity index (χ1v) is 10.3. The third-order valence-electron chi connectivity index (χ3n) is 5.25. The van der Waals surface area contributed by atoms with Crippen LogP contribution in [0.5, 0.6) is 0 Å². The van der Waals surface area contributed by atoms with Gasteiger partial charge in [-0.2, -0.15) is 13.2 Å². The molecule has 1 unspecified atom stereocenters. The molecule has 1 atom stereocenters. The van der Waals surface area contributed by atoms with Crippen LogP contribution in [0.3, 0.4) is 0 Å². The summed E-state index contributed by atoms with van der Waals surface area (Å²) in [6.45, 7) is 3.47. The van der Waals surface area contributed by atoms with E-state index in [1.807, 2.05) is 0 Å². The molecule has 0 aliphatic carbocycles. The van der Waals surface area contributed by atoms with Crippen molar-refractivity contribution in [3.05, 3.63) is 35.4 Å². The van der Waals surface area contributed by atoms with Crippen molar-refractivity contribution in [3.63, 3.8) is 0 Å². The molecule has 2 aliphatic rings. The quantitative estimate of drug-likeness (QED) is 0.267. The normalized spacial score (nSPS) is 20.1. The van der Waals surface area contributed by atoms with Crippen LogP contribution in [0.1, 0.15) is 36.8 Å². The molecule has 0 saturated carbocycles. The Morgan fingerprint density at radius 3 is 2.71 bits per heavy atom. The summed E-state index contributed by atoms with van der Waals surface area (Å²) < 4.78 is 49.9. The lowest BCUT2D eigenvalue weighted by Crippen LogP contribution is -2.47. The van der Waals surface area contributed by atoms with Crippen LogP contribution >= 0.6 is 24.0 Å². The summed E-state index contributed by atoms with van der Waals surface area (Å²) in [5.74, 6) is 6.38. The van der Waals surface area contributed by atoms with E-state index in [2.05, 4.69) is 27.0 Å². The van der Waals surface area contributed by atoms with Gasteiger partial charge in [0.1, 0.15) is 0 Å². The zero-order chi connectivity index (χ0) is 21.4. The number of alkyl halides is 3. The third kappa shape index (κ3) is 8.16. The lowest BCUT2D eigenvalue weighted by Gasteiger charge is -2.34. The topological polar surface area (TPSA) is 46.1 Å². The van der Waals surface area contributed by atoms with Crippen LogP contribution < -0.4 is 5.32 Å². The van der Waals surface area contributed by atoms with Gasteiger partial charge in [0, 0.05) is 32.3 Å². The van der Waals surface area contributed by atoms with E-state index >= 15 is 0 Å². The van der Waals surface area contributed by atoms with E-state index in [-0.39, 0.29) is 36.2 Å². The average Bonchev–Trinajstić information content (AvgIpc) is 3.26. The van der Waals surface area contributed by atoms with Crippen LogP contribution in [-0.4, -0.2) is 63.0 Å². The number of guanidine groups is 1. The van der Waals surface area contributed by atoms with Gasteiger partial charge in [0.15, 0.2) is 5.96 Å². The summed E-state index contributed by atoms with van der Waals surface area (Å²) in [6.07, 6.45) is 0.157. The molecule has 1 N–H and O–H groups in total. The first-order chi connectivity index (χ1) is 14.5. The predicted octanol–water partition coefficient (Wildman–Crippen LogP) is 3.91. The fourth-order valence-corrected chi connectivity index (χ4v) is 3.63. The molecule has 1 aromatic carbocycles. The summed E-state index contributed by atoms with van der Waals surface area (Å²) in [5.41, 5.74) is -0.353. The second-order valence-corrected chi connectivity index (χ2v) is 7.44. The number of piperidine rings is 1. The number of nitrogens with one attached hydrogen (secondary N) is 1. The van der Waals surface area contributed by atoms with Gasteiger partial charge in [-0.3, -0.25) is 4.99 Å². The lowest BCUT2D eigenvalue weighted by molar-refractivity contribution is -0.137. The number of nitrogens with zero attached hydrogens (tertiary/aromatic N) is 2. The van der Waals surface area contributed by atoms with E-state index in [4.69, 9.17) is 9.47 Å². The molecule has 1 aromatic rings. The number of rotatable bonds is 4. The van der Waals surface area contributed by atoms with Crippen LogP contribution in [0, 0.1) is 11.8 Å². The molecular weight excluding hydrogens is 522 g/mol. The van der Waals surface area contributed by atoms with E-state index in [0.717, 1.165) is 63.5 Å². The third-order valence-corrected chi connectivity index (χ3v) is 5.25. The smallest absolute Gasteiger partial charge is 0.376 e. The number of halogens is 4. The van der Waals surface area contributed by atoms with Gasteiger partial charge < -0.3 is 19.7 Å². The molecule has 0 bridgehead atoms. The van der Waals surface area contributed by atoms with Gasteiger partial charge in [-0.05, 0) is 43.9 Å². The SMILES string of the molecule is CN=C(NCC#Cc1cccc(C(F)(F)F)c1)N1CCC(OCC2CCCO2)CC1.I. The predicted molar refractivity (Wildman–Crippen MR) is 125 cm³/mol. The molecule has 2 fully saturated rings. The van der Waals surface area contributed by atoms with Crippen LogP contribution in [0.25, 0.3) is 0 Å². The minimum Gasteiger partial charge on any atom is -0.376 e. The Labute approximate surface area is 198 Å². The first kappa shape index (κ1) is 25.7. The number of benzene rings is 1. The number of hydrogen-bond acceptors (Lipinski definition) is 3. The van der Waals surface area contributed by atoms with E-state index in [0.29, 0.717) is 18.7 Å². The number of ether oxygens (including phenoxy) is 2. The Balaban J connectivity index is 0.00000341. The van der Waals surface area contributed by atoms with Crippen LogP contribution in [-0.2, 0) is 15.7 Å². The molecule has 0 amide bonds. The highest BCUT2D eigenvalue weighted by molar-refractivity contribution is 14.0.